The van der Waals surface area contributed by atoms with E-state index in [0.717, 1.165) is 16.8 Å². The molecular formula is C31H30F6N4O6S2. The summed E-state index contributed by atoms with van der Waals surface area (Å²) in [6, 6.07) is 4.36. The van der Waals surface area contributed by atoms with E-state index in [1.54, 1.807) is 0 Å². The number of benzene rings is 2. The number of carbonyl (C=O) groups is 3. The number of hydrogen-bond donors (Lipinski definition) is 2. The molecule has 0 radical (unpaired) electrons. The molecule has 264 valence electrons. The van der Waals surface area contributed by atoms with E-state index in [4.69, 9.17) is 21.7 Å². The standard InChI is InChI=1S/C31H30F6N4O6S2/c32-30(33,34)21-13-19(14-22(16-21)31(35,36)37)18-3-4-24(47-11-8-39-6-9-46-10-7-39)20(12-18)15-25-27(43)41(29(48)49-25)38-17-26(42)40-5-1-2-23(40)28(44)45/h3-4,12-16,23,38H,1-2,5-11,17H2,(H,44,45)/b25-15-. The van der Waals surface area contributed by atoms with Gasteiger partial charge in [0, 0.05) is 31.7 Å². The summed E-state index contributed by atoms with van der Waals surface area (Å²) in [5.74, 6) is -2.15. The summed E-state index contributed by atoms with van der Waals surface area (Å²) in [6.45, 7) is 2.97. The first-order valence-corrected chi connectivity index (χ1v) is 16.2. The third-order valence-corrected chi connectivity index (χ3v) is 9.33. The number of thioether (sulfide) groups is 1. The van der Waals surface area contributed by atoms with Crippen LogP contribution in [0.3, 0.4) is 0 Å². The van der Waals surface area contributed by atoms with Crippen LogP contribution in [0.4, 0.5) is 26.3 Å². The van der Waals surface area contributed by atoms with Crippen molar-refractivity contribution >= 4 is 52.2 Å². The summed E-state index contributed by atoms with van der Waals surface area (Å²) < 4.78 is 93.0. The van der Waals surface area contributed by atoms with Crippen LogP contribution in [-0.2, 0) is 31.5 Å². The van der Waals surface area contributed by atoms with Crippen LogP contribution in [-0.4, -0.2) is 101 Å². The summed E-state index contributed by atoms with van der Waals surface area (Å²) in [4.78, 5) is 40.9. The first-order valence-electron chi connectivity index (χ1n) is 15.0. The molecule has 0 aliphatic carbocycles. The van der Waals surface area contributed by atoms with Crippen LogP contribution in [0.1, 0.15) is 29.5 Å². The molecule has 2 amide bonds. The van der Waals surface area contributed by atoms with Crippen LogP contribution >= 0.6 is 24.0 Å². The van der Waals surface area contributed by atoms with Crippen LogP contribution in [0, 0.1) is 0 Å². The number of amides is 2. The topological polar surface area (TPSA) is 112 Å². The molecule has 0 bridgehead atoms. The summed E-state index contributed by atoms with van der Waals surface area (Å²) in [5.41, 5.74) is -0.492. The summed E-state index contributed by atoms with van der Waals surface area (Å²) in [7, 11) is 0. The Balaban J connectivity index is 1.42. The van der Waals surface area contributed by atoms with Gasteiger partial charge in [-0.05, 0) is 60.4 Å². The number of rotatable bonds is 10. The van der Waals surface area contributed by atoms with E-state index in [1.165, 1.54) is 29.2 Å². The van der Waals surface area contributed by atoms with Gasteiger partial charge in [0.05, 0.1) is 35.8 Å². The second-order valence-electron chi connectivity index (χ2n) is 11.3. The van der Waals surface area contributed by atoms with E-state index in [0.29, 0.717) is 57.8 Å². The van der Waals surface area contributed by atoms with Gasteiger partial charge >= 0.3 is 18.3 Å². The van der Waals surface area contributed by atoms with Crippen LogP contribution < -0.4 is 10.2 Å². The highest BCUT2D eigenvalue weighted by molar-refractivity contribution is 8.26. The average Bonchev–Trinajstić information content (AvgIpc) is 3.65. The quantitative estimate of drug-likeness (QED) is 0.199. The van der Waals surface area contributed by atoms with Gasteiger partial charge in [-0.2, -0.15) is 26.3 Å². The zero-order valence-electron chi connectivity index (χ0n) is 25.6. The van der Waals surface area contributed by atoms with Crippen LogP contribution in [0.2, 0.25) is 0 Å². The monoisotopic (exact) mass is 732 g/mol. The number of aliphatic carboxylic acids is 1. The lowest BCUT2D eigenvalue weighted by Crippen LogP contribution is -2.49. The van der Waals surface area contributed by atoms with Crippen molar-refractivity contribution < 1.29 is 55.3 Å². The highest BCUT2D eigenvalue weighted by Gasteiger charge is 2.38. The highest BCUT2D eigenvalue weighted by atomic mass is 32.2. The zero-order chi connectivity index (χ0) is 35.5. The van der Waals surface area contributed by atoms with Crippen molar-refractivity contribution in [3.63, 3.8) is 0 Å². The fraction of sp³-hybridized carbons (Fsp3) is 0.419. The second kappa shape index (κ2) is 15.0. The van der Waals surface area contributed by atoms with Crippen molar-refractivity contribution in [3.8, 4) is 16.9 Å². The summed E-state index contributed by atoms with van der Waals surface area (Å²) in [6.07, 6.45) is -7.92. The fourth-order valence-electron chi connectivity index (χ4n) is 5.52. The van der Waals surface area contributed by atoms with Gasteiger partial charge in [0.1, 0.15) is 18.4 Å². The first-order chi connectivity index (χ1) is 23.1. The van der Waals surface area contributed by atoms with Gasteiger partial charge in [0.15, 0.2) is 4.32 Å². The molecule has 3 heterocycles. The number of thiocarbonyl (C=S) groups is 1. The number of nitrogens with zero attached hydrogens (tertiary/aromatic N) is 3. The molecule has 0 aromatic heterocycles. The summed E-state index contributed by atoms with van der Waals surface area (Å²) >= 11 is 6.17. The number of carboxylic acids is 1. The van der Waals surface area contributed by atoms with Gasteiger partial charge in [0.25, 0.3) is 5.91 Å². The molecule has 0 spiro atoms. The largest absolute Gasteiger partial charge is 0.492 e. The first kappa shape index (κ1) is 36.6. The lowest BCUT2D eigenvalue weighted by atomic mass is 9.97. The van der Waals surface area contributed by atoms with Gasteiger partial charge in [-0.1, -0.05) is 30.0 Å². The molecular weight excluding hydrogens is 702 g/mol. The molecule has 3 fully saturated rings. The van der Waals surface area contributed by atoms with Gasteiger partial charge in [-0.25, -0.2) is 15.2 Å². The van der Waals surface area contributed by atoms with E-state index >= 15 is 0 Å². The third-order valence-electron chi connectivity index (χ3n) is 8.03. The van der Waals surface area contributed by atoms with E-state index in [-0.39, 0.29) is 50.9 Å². The molecule has 3 aliphatic rings. The lowest BCUT2D eigenvalue weighted by molar-refractivity contribution is -0.148. The molecule has 1 unspecified atom stereocenters. The predicted molar refractivity (Wildman–Crippen MR) is 170 cm³/mol. The van der Waals surface area contributed by atoms with Crippen LogP contribution in [0.15, 0.2) is 41.3 Å². The SMILES string of the molecule is O=C(O)C1CCCN1C(=O)CNN1C(=O)/C(=C/c2cc(-c3cc(C(F)(F)F)cc(C(F)(F)F)c3)ccc2OCCN2CCOCC2)SC1=S. The molecule has 49 heavy (non-hydrogen) atoms. The normalized spacial score (nSPS) is 20.0. The molecule has 3 saturated heterocycles. The van der Waals surface area contributed by atoms with Gasteiger partial charge in [-0.15, -0.1) is 0 Å². The molecule has 5 rings (SSSR count). The molecule has 2 aromatic carbocycles. The molecule has 0 saturated carbocycles. The predicted octanol–water partition coefficient (Wildman–Crippen LogP) is 4.88. The zero-order valence-corrected chi connectivity index (χ0v) is 27.2. The van der Waals surface area contributed by atoms with Crippen LogP contribution in [0.5, 0.6) is 5.75 Å². The van der Waals surface area contributed by atoms with Crippen molar-refractivity contribution in [1.82, 2.24) is 20.2 Å². The maximum Gasteiger partial charge on any atom is 0.416 e. The second-order valence-corrected chi connectivity index (χ2v) is 13.0. The maximum atomic E-state index is 13.6. The van der Waals surface area contributed by atoms with Gasteiger partial charge < -0.3 is 19.5 Å². The maximum absolute atomic E-state index is 13.6. The number of alkyl halides is 6. The van der Waals surface area contributed by atoms with E-state index in [2.05, 4.69) is 10.3 Å². The van der Waals surface area contributed by atoms with E-state index in [1.807, 2.05) is 0 Å². The van der Waals surface area contributed by atoms with Gasteiger partial charge in [0.2, 0.25) is 5.91 Å². The Morgan fingerprint density at radius 1 is 1.02 bits per heavy atom. The van der Waals surface area contributed by atoms with Gasteiger partial charge in [-0.3, -0.25) is 14.5 Å². The molecule has 2 N–H and O–H groups in total. The number of ether oxygens (including phenoxy) is 2. The molecule has 1 atom stereocenters. The number of carboxylic acid groups (broad SMARTS) is 1. The number of nitrogens with one attached hydrogen (secondary N) is 1. The van der Waals surface area contributed by atoms with Crippen molar-refractivity contribution in [2.45, 2.75) is 31.2 Å². The number of hydrazine groups is 1. The molecule has 3 aliphatic heterocycles. The lowest BCUT2D eigenvalue weighted by Gasteiger charge is -2.26. The molecule has 2 aromatic rings. The Kier molecular flexibility index (Phi) is 11.2. The smallest absolute Gasteiger partial charge is 0.416 e. The van der Waals surface area contributed by atoms with E-state index < -0.39 is 53.8 Å². The average molecular weight is 733 g/mol. The number of morpholine rings is 1. The van der Waals surface area contributed by atoms with Crippen molar-refractivity contribution in [2.75, 3.05) is 52.5 Å². The van der Waals surface area contributed by atoms with Crippen molar-refractivity contribution in [3.05, 3.63) is 58.0 Å². The number of carbonyl (C=O) groups excluding carboxylic acids is 2. The third kappa shape index (κ3) is 8.91. The minimum Gasteiger partial charge on any atom is -0.492 e. The minimum atomic E-state index is -5.05. The Morgan fingerprint density at radius 2 is 1.69 bits per heavy atom. The van der Waals surface area contributed by atoms with Crippen molar-refractivity contribution in [1.29, 1.82) is 0 Å². The Morgan fingerprint density at radius 3 is 2.33 bits per heavy atom. The number of halogens is 6. The number of likely N-dealkylation sites (tertiary alicyclic amines) is 1. The van der Waals surface area contributed by atoms with Crippen molar-refractivity contribution in [2.24, 2.45) is 0 Å². The van der Waals surface area contributed by atoms with Crippen LogP contribution in [0.25, 0.3) is 17.2 Å². The van der Waals surface area contributed by atoms with E-state index in [9.17, 15) is 45.8 Å². The minimum absolute atomic E-state index is 0.00109. The fourth-order valence-corrected chi connectivity index (χ4v) is 6.73. The Labute approximate surface area is 285 Å². The molecule has 10 nitrogen and oxygen atoms in total. The Bertz CT molecular complexity index is 1610. The Hall–Kier alpha value is -3.71. The summed E-state index contributed by atoms with van der Waals surface area (Å²) in [5, 5.41) is 10.3. The highest BCUT2D eigenvalue weighted by Crippen LogP contribution is 2.40. The number of hydrogen-bond acceptors (Lipinski definition) is 9. The molecule has 18 heteroatoms.